The molecule has 0 saturated carbocycles. The van der Waals surface area contributed by atoms with Gasteiger partial charge < -0.3 is 20.0 Å². The smallest absolute Gasteiger partial charge is 0.194 e. The number of piperazine rings is 1. The van der Waals surface area contributed by atoms with Crippen molar-refractivity contribution >= 4 is 52.1 Å². The third kappa shape index (κ3) is 5.73. The molecule has 0 unspecified atom stereocenters. The summed E-state index contributed by atoms with van der Waals surface area (Å²) in [5, 5.41) is 6.99. The van der Waals surface area contributed by atoms with E-state index in [0.29, 0.717) is 0 Å². The summed E-state index contributed by atoms with van der Waals surface area (Å²) in [4.78, 5) is 16.1. The predicted octanol–water partition coefficient (Wildman–Crippen LogP) is 3.50. The third-order valence-electron chi connectivity index (χ3n) is 4.96. The van der Waals surface area contributed by atoms with E-state index in [4.69, 9.17) is 0 Å². The molecule has 0 aliphatic carbocycles. The topological polar surface area (TPSA) is 47.0 Å². The van der Waals surface area contributed by atoms with E-state index in [-0.39, 0.29) is 24.0 Å². The van der Waals surface area contributed by atoms with Gasteiger partial charge in [-0.05, 0) is 43.0 Å². The molecular formula is C20H31IN6S. The molecule has 6 nitrogen and oxygen atoms in total. The number of nitrogens with zero attached hydrogens (tertiary/aromatic N) is 5. The van der Waals surface area contributed by atoms with Crippen molar-refractivity contribution in [3.8, 4) is 0 Å². The maximum Gasteiger partial charge on any atom is 0.194 e. The van der Waals surface area contributed by atoms with Crippen molar-refractivity contribution in [3.05, 3.63) is 41.4 Å². The monoisotopic (exact) mass is 514 g/mol. The molecular weight excluding hydrogens is 483 g/mol. The zero-order valence-corrected chi connectivity index (χ0v) is 20.1. The van der Waals surface area contributed by atoms with Gasteiger partial charge in [0.05, 0.1) is 5.00 Å². The Hall–Kier alpha value is -1.55. The van der Waals surface area contributed by atoms with Crippen LogP contribution in [0.4, 0.5) is 10.8 Å². The molecule has 1 aliphatic rings. The number of halogens is 1. The minimum atomic E-state index is 0. The summed E-state index contributed by atoms with van der Waals surface area (Å²) in [6.45, 7) is 11.0. The normalized spacial score (nSPS) is 14.6. The second-order valence-electron chi connectivity index (χ2n) is 6.52. The largest absolute Gasteiger partial charge is 0.360 e. The summed E-state index contributed by atoms with van der Waals surface area (Å²) >= 11 is 1.81. The first-order chi connectivity index (χ1) is 13.2. The van der Waals surface area contributed by atoms with Crippen molar-refractivity contribution in [2.24, 2.45) is 4.99 Å². The van der Waals surface area contributed by atoms with Crippen LogP contribution in [-0.4, -0.2) is 62.2 Å². The molecule has 0 atom stereocenters. The number of guanidine groups is 1. The Morgan fingerprint density at radius 2 is 1.93 bits per heavy atom. The van der Waals surface area contributed by atoms with Crippen LogP contribution in [0.25, 0.3) is 0 Å². The zero-order chi connectivity index (χ0) is 19.1. The van der Waals surface area contributed by atoms with Crippen molar-refractivity contribution in [2.75, 3.05) is 56.1 Å². The fourth-order valence-corrected chi connectivity index (χ4v) is 4.14. The first-order valence-corrected chi connectivity index (χ1v) is 10.6. The number of aliphatic imine (C=N–C) groups is 1. The molecule has 28 heavy (non-hydrogen) atoms. The van der Waals surface area contributed by atoms with Crippen molar-refractivity contribution < 1.29 is 0 Å². The number of aromatic nitrogens is 1. The Morgan fingerprint density at radius 3 is 2.46 bits per heavy atom. The number of pyridine rings is 1. The van der Waals surface area contributed by atoms with Crippen molar-refractivity contribution in [1.29, 1.82) is 0 Å². The van der Waals surface area contributed by atoms with Gasteiger partial charge in [-0.15, -0.1) is 35.3 Å². The Balaban J connectivity index is 0.00000280. The van der Waals surface area contributed by atoms with Gasteiger partial charge in [-0.1, -0.05) is 6.07 Å². The molecule has 3 rings (SSSR count). The van der Waals surface area contributed by atoms with E-state index in [1.807, 2.05) is 24.6 Å². The molecule has 2 aromatic heterocycles. The van der Waals surface area contributed by atoms with Gasteiger partial charge in [0.25, 0.3) is 0 Å². The molecule has 0 aromatic carbocycles. The molecule has 0 amide bonds. The lowest BCUT2D eigenvalue weighted by atomic mass is 10.2. The van der Waals surface area contributed by atoms with Gasteiger partial charge in [-0.2, -0.15) is 0 Å². The van der Waals surface area contributed by atoms with Crippen LogP contribution in [0.2, 0.25) is 0 Å². The lowest BCUT2D eigenvalue weighted by molar-refractivity contribution is 0.373. The Kier molecular flexibility index (Phi) is 9.30. The average molecular weight is 514 g/mol. The summed E-state index contributed by atoms with van der Waals surface area (Å²) in [6.07, 6.45) is 1.96. The van der Waals surface area contributed by atoms with Crippen LogP contribution in [-0.2, 0) is 6.54 Å². The van der Waals surface area contributed by atoms with Gasteiger partial charge in [0, 0.05) is 59.1 Å². The molecule has 0 spiro atoms. The summed E-state index contributed by atoms with van der Waals surface area (Å²) in [5.41, 5.74) is 1.17. The number of anilines is 2. The quantitative estimate of drug-likeness (QED) is 0.363. The minimum Gasteiger partial charge on any atom is -0.360 e. The maximum absolute atomic E-state index is 4.60. The van der Waals surface area contributed by atoms with Gasteiger partial charge >= 0.3 is 0 Å². The summed E-state index contributed by atoms with van der Waals surface area (Å²) < 4.78 is 0. The molecule has 1 aliphatic heterocycles. The van der Waals surface area contributed by atoms with Crippen LogP contribution in [0.1, 0.15) is 19.4 Å². The lowest BCUT2D eigenvalue weighted by Crippen LogP contribution is -2.52. The predicted molar refractivity (Wildman–Crippen MR) is 132 cm³/mol. The molecule has 8 heteroatoms. The molecule has 1 N–H and O–H groups in total. The van der Waals surface area contributed by atoms with Crippen LogP contribution >= 0.6 is 35.3 Å². The number of rotatable bonds is 6. The number of thiophene rings is 1. The minimum absolute atomic E-state index is 0. The van der Waals surface area contributed by atoms with E-state index >= 15 is 0 Å². The zero-order valence-electron chi connectivity index (χ0n) is 17.0. The summed E-state index contributed by atoms with van der Waals surface area (Å²) in [6, 6.07) is 8.57. The first-order valence-electron chi connectivity index (χ1n) is 9.69. The van der Waals surface area contributed by atoms with E-state index in [0.717, 1.165) is 57.6 Å². The Morgan fingerprint density at radius 1 is 1.18 bits per heavy atom. The highest BCUT2D eigenvalue weighted by atomic mass is 127. The summed E-state index contributed by atoms with van der Waals surface area (Å²) in [7, 11) is 1.86. The van der Waals surface area contributed by atoms with Gasteiger partial charge in [0.2, 0.25) is 0 Å². The highest BCUT2D eigenvalue weighted by Crippen LogP contribution is 2.22. The highest BCUT2D eigenvalue weighted by molar-refractivity contribution is 14.0. The number of hydrogen-bond acceptors (Lipinski definition) is 5. The Labute approximate surface area is 189 Å². The third-order valence-corrected chi connectivity index (χ3v) is 5.89. The number of nitrogens with one attached hydrogen (secondary N) is 1. The molecule has 1 fully saturated rings. The van der Waals surface area contributed by atoms with Gasteiger partial charge in [-0.25, -0.2) is 4.98 Å². The van der Waals surface area contributed by atoms with Gasteiger partial charge in [0.15, 0.2) is 5.96 Å². The lowest BCUT2D eigenvalue weighted by Gasteiger charge is -2.37. The van der Waals surface area contributed by atoms with Crippen LogP contribution in [0.3, 0.4) is 0 Å². The number of hydrogen-bond donors (Lipinski definition) is 1. The van der Waals surface area contributed by atoms with Gasteiger partial charge in [0.1, 0.15) is 5.82 Å². The summed E-state index contributed by atoms with van der Waals surface area (Å²) in [5.74, 6) is 2.01. The van der Waals surface area contributed by atoms with E-state index in [1.54, 1.807) is 0 Å². The van der Waals surface area contributed by atoms with Crippen molar-refractivity contribution in [1.82, 2.24) is 15.2 Å². The van der Waals surface area contributed by atoms with Crippen LogP contribution in [0.5, 0.6) is 0 Å². The fraction of sp³-hybridized carbons (Fsp3) is 0.500. The standard InChI is InChI=1S/C20H30N6S.HI/c1-4-24(5-2)18-9-8-17(15-22-18)16-23-20(21-3)26-12-10-25(11-13-26)19-7-6-14-27-19;/h6-9,14-15H,4-5,10-13,16H2,1-3H3,(H,21,23);1H. The van der Waals surface area contributed by atoms with Crippen molar-refractivity contribution in [3.63, 3.8) is 0 Å². The van der Waals surface area contributed by atoms with E-state index in [2.05, 4.69) is 73.5 Å². The van der Waals surface area contributed by atoms with E-state index in [9.17, 15) is 0 Å². The maximum atomic E-state index is 4.60. The molecule has 0 radical (unpaired) electrons. The van der Waals surface area contributed by atoms with Crippen LogP contribution in [0.15, 0.2) is 40.8 Å². The molecule has 154 valence electrons. The Bertz CT molecular complexity index is 707. The SMILES string of the molecule is CCN(CC)c1ccc(CNC(=NC)N2CCN(c3cccs3)CC2)cn1.I. The molecule has 0 bridgehead atoms. The average Bonchev–Trinajstić information content (AvgIpc) is 3.26. The fourth-order valence-electron chi connectivity index (χ4n) is 3.36. The molecule has 2 aromatic rings. The van der Waals surface area contributed by atoms with Crippen molar-refractivity contribution in [2.45, 2.75) is 20.4 Å². The second-order valence-corrected chi connectivity index (χ2v) is 7.45. The van der Waals surface area contributed by atoms with Gasteiger partial charge in [-0.3, -0.25) is 4.99 Å². The first kappa shape index (κ1) is 22.7. The second kappa shape index (κ2) is 11.5. The molecule has 1 saturated heterocycles. The van der Waals surface area contributed by atoms with E-state index in [1.165, 1.54) is 10.6 Å². The van der Waals surface area contributed by atoms with Crippen LogP contribution < -0.4 is 15.1 Å². The van der Waals surface area contributed by atoms with E-state index < -0.39 is 0 Å². The highest BCUT2D eigenvalue weighted by Gasteiger charge is 2.20. The molecule has 3 heterocycles. The van der Waals surface area contributed by atoms with Crippen LogP contribution in [0, 0.1) is 0 Å².